The van der Waals surface area contributed by atoms with E-state index in [0.717, 1.165) is 10.6 Å². The number of rotatable bonds is 4. The number of hydrogen-bond acceptors (Lipinski definition) is 4. The summed E-state index contributed by atoms with van der Waals surface area (Å²) in [5.41, 5.74) is 8.04. The van der Waals surface area contributed by atoms with Crippen LogP contribution in [0.5, 0.6) is 0 Å². The number of hydrogen-bond donors (Lipinski definition) is 1. The van der Waals surface area contributed by atoms with Crippen LogP contribution < -0.4 is 10.6 Å². The van der Waals surface area contributed by atoms with Crippen molar-refractivity contribution in [3.63, 3.8) is 0 Å². The summed E-state index contributed by atoms with van der Waals surface area (Å²) in [5, 5.41) is 0. The van der Waals surface area contributed by atoms with Gasteiger partial charge in [0.2, 0.25) is 0 Å². The minimum atomic E-state index is -1.01. The van der Waals surface area contributed by atoms with Crippen LogP contribution in [0.4, 0.5) is 14.5 Å². The lowest BCUT2D eigenvalue weighted by atomic mass is 10.1. The number of nitrogens with zero attached hydrogens (tertiary/aromatic N) is 2. The number of aromatic nitrogens is 1. The van der Waals surface area contributed by atoms with Gasteiger partial charge in [0.25, 0.3) is 0 Å². The second kappa shape index (κ2) is 5.80. The molecule has 0 aliphatic carbocycles. The fourth-order valence-electron chi connectivity index (χ4n) is 1.80. The summed E-state index contributed by atoms with van der Waals surface area (Å²) in [6, 6.07) is 2.87. The van der Waals surface area contributed by atoms with Crippen molar-refractivity contribution in [1.29, 1.82) is 0 Å². The minimum Gasteiger partial charge on any atom is -0.389 e. The molecule has 1 aromatic heterocycles. The maximum absolute atomic E-state index is 14.1. The Labute approximate surface area is 125 Å². The predicted molar refractivity (Wildman–Crippen MR) is 81.2 cm³/mol. The molecule has 0 saturated carbocycles. The van der Waals surface area contributed by atoms with E-state index in [4.69, 9.17) is 5.73 Å². The molecular weight excluding hydrogens is 300 g/mol. The first kappa shape index (κ1) is 14.8. The molecule has 0 aliphatic heterocycles. The Bertz CT molecular complexity index is 655. The molecule has 0 atom stereocenters. The molecule has 0 bridgehead atoms. The van der Waals surface area contributed by atoms with Crippen LogP contribution in [0, 0.1) is 18.6 Å². The first-order valence-corrected chi connectivity index (χ1v) is 7.08. The first-order valence-electron chi connectivity index (χ1n) is 5.79. The van der Waals surface area contributed by atoms with Gasteiger partial charge < -0.3 is 10.6 Å². The molecule has 2 rings (SSSR count). The van der Waals surface area contributed by atoms with Crippen molar-refractivity contribution >= 4 is 34.2 Å². The van der Waals surface area contributed by atoms with Crippen molar-refractivity contribution in [1.82, 2.24) is 4.98 Å². The maximum Gasteiger partial charge on any atom is 0.182 e. The highest BCUT2D eigenvalue weighted by Gasteiger charge is 2.18. The predicted octanol–water partition coefficient (Wildman–Crippen LogP) is 3.00. The Balaban J connectivity index is 2.31. The number of aryl methyl sites for hydroxylation is 1. The standard InChI is InChI=1S/C13H13F2N3S2/c1-7-10(20-6-17-7)5-18(2)9-4-3-8(13(16)19)11(14)12(9)15/h3-4,6H,5H2,1-2H3,(H2,16,19). The minimum absolute atomic E-state index is 0.0800. The highest BCUT2D eigenvalue weighted by Crippen LogP contribution is 2.26. The quantitative estimate of drug-likeness (QED) is 0.881. The van der Waals surface area contributed by atoms with E-state index >= 15 is 0 Å². The Morgan fingerprint density at radius 1 is 1.40 bits per heavy atom. The summed E-state index contributed by atoms with van der Waals surface area (Å²) >= 11 is 6.16. The van der Waals surface area contributed by atoms with Gasteiger partial charge in [-0.3, -0.25) is 0 Å². The normalized spacial score (nSPS) is 10.6. The Hall–Kier alpha value is -1.60. The number of benzene rings is 1. The highest BCUT2D eigenvalue weighted by molar-refractivity contribution is 7.80. The molecule has 0 spiro atoms. The summed E-state index contributed by atoms with van der Waals surface area (Å²) in [4.78, 5) is 6.61. The average molecular weight is 313 g/mol. The lowest BCUT2D eigenvalue weighted by Gasteiger charge is -2.20. The van der Waals surface area contributed by atoms with Gasteiger partial charge in [0, 0.05) is 17.5 Å². The molecule has 106 valence electrons. The van der Waals surface area contributed by atoms with Crippen LogP contribution in [0.2, 0.25) is 0 Å². The molecule has 0 aliphatic rings. The highest BCUT2D eigenvalue weighted by atomic mass is 32.1. The summed E-state index contributed by atoms with van der Waals surface area (Å²) in [6.45, 7) is 2.34. The van der Waals surface area contributed by atoms with E-state index in [9.17, 15) is 8.78 Å². The van der Waals surface area contributed by atoms with E-state index in [2.05, 4.69) is 17.2 Å². The monoisotopic (exact) mass is 313 g/mol. The maximum atomic E-state index is 14.1. The van der Waals surface area contributed by atoms with Crippen molar-refractivity contribution in [3.8, 4) is 0 Å². The Kier molecular flexibility index (Phi) is 4.29. The molecule has 2 N–H and O–H groups in total. The summed E-state index contributed by atoms with van der Waals surface area (Å²) in [7, 11) is 1.69. The molecule has 2 aromatic rings. The third kappa shape index (κ3) is 2.78. The van der Waals surface area contributed by atoms with Crippen LogP contribution >= 0.6 is 23.6 Å². The molecule has 3 nitrogen and oxygen atoms in total. The number of thiazole rings is 1. The van der Waals surface area contributed by atoms with Gasteiger partial charge in [0.05, 0.1) is 23.4 Å². The lowest BCUT2D eigenvalue weighted by Crippen LogP contribution is -2.20. The van der Waals surface area contributed by atoms with Gasteiger partial charge in [-0.05, 0) is 19.1 Å². The van der Waals surface area contributed by atoms with E-state index < -0.39 is 11.6 Å². The van der Waals surface area contributed by atoms with Gasteiger partial charge in [0.15, 0.2) is 11.6 Å². The smallest absolute Gasteiger partial charge is 0.182 e. The topological polar surface area (TPSA) is 42.2 Å². The fraction of sp³-hybridized carbons (Fsp3) is 0.231. The lowest BCUT2D eigenvalue weighted by molar-refractivity contribution is 0.506. The molecule has 7 heteroatoms. The zero-order valence-corrected chi connectivity index (χ0v) is 12.6. The molecule has 0 amide bonds. The van der Waals surface area contributed by atoms with Gasteiger partial charge in [0.1, 0.15) is 4.99 Å². The van der Waals surface area contributed by atoms with E-state index in [0.29, 0.717) is 6.54 Å². The number of nitrogens with two attached hydrogens (primary N) is 1. The summed E-state index contributed by atoms with van der Waals surface area (Å²) < 4.78 is 27.9. The zero-order chi connectivity index (χ0) is 14.9. The number of thiocarbonyl (C=S) groups is 1. The molecule has 20 heavy (non-hydrogen) atoms. The summed E-state index contributed by atoms with van der Waals surface area (Å²) in [6.07, 6.45) is 0. The van der Waals surface area contributed by atoms with Crippen LogP contribution in [0.1, 0.15) is 16.1 Å². The van der Waals surface area contributed by atoms with Crippen LogP contribution in [-0.4, -0.2) is 17.0 Å². The van der Waals surface area contributed by atoms with Crippen molar-refractivity contribution in [2.45, 2.75) is 13.5 Å². The number of halogens is 2. The van der Waals surface area contributed by atoms with Gasteiger partial charge in [-0.25, -0.2) is 13.8 Å². The summed E-state index contributed by atoms with van der Waals surface area (Å²) in [5.74, 6) is -1.96. The third-order valence-electron chi connectivity index (χ3n) is 2.96. The Morgan fingerprint density at radius 2 is 2.10 bits per heavy atom. The second-order valence-corrected chi connectivity index (χ2v) is 5.72. The third-order valence-corrected chi connectivity index (χ3v) is 4.10. The molecule has 0 unspecified atom stereocenters. The van der Waals surface area contributed by atoms with Crippen molar-refractivity contribution in [3.05, 3.63) is 45.4 Å². The molecule has 0 fully saturated rings. The van der Waals surface area contributed by atoms with Crippen LogP contribution in [-0.2, 0) is 6.54 Å². The Morgan fingerprint density at radius 3 is 2.65 bits per heavy atom. The van der Waals surface area contributed by atoms with E-state index in [1.807, 2.05) is 6.92 Å². The largest absolute Gasteiger partial charge is 0.389 e. The molecule has 0 saturated heterocycles. The second-order valence-electron chi connectivity index (χ2n) is 4.34. The molecule has 0 radical (unpaired) electrons. The molecule has 1 heterocycles. The SMILES string of the molecule is Cc1ncsc1CN(C)c1ccc(C(N)=S)c(F)c1F. The average Bonchev–Trinajstić information content (AvgIpc) is 2.77. The zero-order valence-electron chi connectivity index (χ0n) is 11.0. The fourth-order valence-corrected chi connectivity index (χ4v) is 2.79. The van der Waals surface area contributed by atoms with Crippen LogP contribution in [0.25, 0.3) is 0 Å². The van der Waals surface area contributed by atoms with Gasteiger partial charge >= 0.3 is 0 Å². The van der Waals surface area contributed by atoms with Crippen LogP contribution in [0.3, 0.4) is 0 Å². The van der Waals surface area contributed by atoms with Crippen LogP contribution in [0.15, 0.2) is 17.6 Å². The van der Waals surface area contributed by atoms with Gasteiger partial charge in [-0.1, -0.05) is 12.2 Å². The number of anilines is 1. The van der Waals surface area contributed by atoms with Gasteiger partial charge in [-0.2, -0.15) is 0 Å². The van der Waals surface area contributed by atoms with E-state index in [1.54, 1.807) is 17.5 Å². The van der Waals surface area contributed by atoms with Gasteiger partial charge in [-0.15, -0.1) is 11.3 Å². The van der Waals surface area contributed by atoms with Crippen molar-refractivity contribution in [2.24, 2.45) is 5.73 Å². The van der Waals surface area contributed by atoms with Crippen molar-refractivity contribution < 1.29 is 8.78 Å². The van der Waals surface area contributed by atoms with E-state index in [1.165, 1.54) is 23.5 Å². The van der Waals surface area contributed by atoms with Crippen molar-refractivity contribution in [2.75, 3.05) is 11.9 Å². The first-order chi connectivity index (χ1) is 9.41. The van der Waals surface area contributed by atoms with E-state index in [-0.39, 0.29) is 16.2 Å². The molecule has 1 aromatic carbocycles. The molecular formula is C13H13F2N3S2.